The van der Waals surface area contributed by atoms with E-state index in [4.69, 9.17) is 4.74 Å². The monoisotopic (exact) mass is 207 g/mol. The topological polar surface area (TPSA) is 21.3 Å². The van der Waals surface area contributed by atoms with Crippen molar-refractivity contribution in [2.75, 3.05) is 18.5 Å². The molecule has 1 N–H and O–H groups in total. The van der Waals surface area contributed by atoms with Crippen molar-refractivity contribution in [2.24, 2.45) is 5.41 Å². The Hall–Kier alpha value is -1.18. The summed E-state index contributed by atoms with van der Waals surface area (Å²) >= 11 is 0. The van der Waals surface area contributed by atoms with Crippen LogP contribution in [0.2, 0.25) is 0 Å². The highest BCUT2D eigenvalue weighted by Crippen LogP contribution is 2.18. The lowest BCUT2D eigenvalue weighted by molar-refractivity contribution is 0.340. The molecule has 1 aromatic rings. The van der Waals surface area contributed by atoms with Gasteiger partial charge < -0.3 is 10.1 Å². The Morgan fingerprint density at radius 2 is 1.73 bits per heavy atom. The van der Waals surface area contributed by atoms with Gasteiger partial charge >= 0.3 is 0 Å². The molecule has 0 unspecified atom stereocenters. The average Bonchev–Trinajstić information content (AvgIpc) is 2.16. The van der Waals surface area contributed by atoms with Crippen molar-refractivity contribution in [3.63, 3.8) is 0 Å². The van der Waals surface area contributed by atoms with E-state index < -0.39 is 0 Å². The standard InChI is InChI=1S/C13H21NO/c1-5-15-12-8-6-11(7-9-12)14-10-13(2,3)4/h6-9,14H,5,10H2,1-4H3. The van der Waals surface area contributed by atoms with E-state index in [1.54, 1.807) is 0 Å². The Balaban J connectivity index is 2.50. The SMILES string of the molecule is CCOc1ccc(NCC(C)(C)C)cc1. The molecule has 0 spiro atoms. The van der Waals surface area contributed by atoms with Crippen LogP contribution in [-0.2, 0) is 0 Å². The molecule has 1 aromatic carbocycles. The Morgan fingerprint density at radius 1 is 1.13 bits per heavy atom. The quantitative estimate of drug-likeness (QED) is 0.815. The largest absolute Gasteiger partial charge is 0.494 e. The average molecular weight is 207 g/mol. The first-order chi connectivity index (χ1) is 7.01. The third kappa shape index (κ3) is 4.73. The number of benzene rings is 1. The van der Waals surface area contributed by atoms with Crippen LogP contribution in [0, 0.1) is 5.41 Å². The lowest BCUT2D eigenvalue weighted by Gasteiger charge is -2.19. The number of hydrogen-bond acceptors (Lipinski definition) is 2. The summed E-state index contributed by atoms with van der Waals surface area (Å²) in [7, 11) is 0. The molecule has 0 radical (unpaired) electrons. The van der Waals surface area contributed by atoms with Gasteiger partial charge in [-0.25, -0.2) is 0 Å². The Bertz CT molecular complexity index is 284. The van der Waals surface area contributed by atoms with Crippen molar-refractivity contribution in [2.45, 2.75) is 27.7 Å². The van der Waals surface area contributed by atoms with Crippen LogP contribution in [0.15, 0.2) is 24.3 Å². The normalized spacial score (nSPS) is 11.2. The van der Waals surface area contributed by atoms with Crippen molar-refractivity contribution in [3.8, 4) is 5.75 Å². The first kappa shape index (κ1) is 11.9. The van der Waals surface area contributed by atoms with Gasteiger partial charge in [0.15, 0.2) is 0 Å². The van der Waals surface area contributed by atoms with Crippen LogP contribution in [0.1, 0.15) is 27.7 Å². The van der Waals surface area contributed by atoms with Gasteiger partial charge in [0.25, 0.3) is 0 Å². The molecule has 84 valence electrons. The molecule has 1 rings (SSSR count). The van der Waals surface area contributed by atoms with Gasteiger partial charge in [-0.15, -0.1) is 0 Å². The molecule has 0 saturated heterocycles. The van der Waals surface area contributed by atoms with E-state index in [2.05, 4.69) is 38.2 Å². The summed E-state index contributed by atoms with van der Waals surface area (Å²) in [6.45, 7) is 10.3. The molecule has 0 atom stereocenters. The highest BCUT2D eigenvalue weighted by atomic mass is 16.5. The maximum atomic E-state index is 5.38. The second-order valence-electron chi connectivity index (χ2n) is 4.87. The van der Waals surface area contributed by atoms with E-state index in [-0.39, 0.29) is 0 Å². The minimum atomic E-state index is 0.304. The fraction of sp³-hybridized carbons (Fsp3) is 0.538. The maximum Gasteiger partial charge on any atom is 0.119 e. The van der Waals surface area contributed by atoms with Crippen LogP contribution in [0.25, 0.3) is 0 Å². The fourth-order valence-corrected chi connectivity index (χ4v) is 1.20. The number of hydrogen-bond donors (Lipinski definition) is 1. The van der Waals surface area contributed by atoms with E-state index in [0.717, 1.165) is 24.6 Å². The summed E-state index contributed by atoms with van der Waals surface area (Å²) in [6, 6.07) is 8.09. The van der Waals surface area contributed by atoms with Gasteiger partial charge in [0.05, 0.1) is 6.61 Å². The molecule has 0 aliphatic heterocycles. The zero-order valence-corrected chi connectivity index (χ0v) is 10.1. The second-order valence-corrected chi connectivity index (χ2v) is 4.87. The second kappa shape index (κ2) is 5.06. The van der Waals surface area contributed by atoms with Crippen LogP contribution < -0.4 is 10.1 Å². The van der Waals surface area contributed by atoms with E-state index in [1.807, 2.05) is 19.1 Å². The van der Waals surface area contributed by atoms with Gasteiger partial charge in [-0.3, -0.25) is 0 Å². The third-order valence-corrected chi connectivity index (χ3v) is 1.99. The molecule has 15 heavy (non-hydrogen) atoms. The van der Waals surface area contributed by atoms with E-state index >= 15 is 0 Å². The van der Waals surface area contributed by atoms with Crippen molar-refractivity contribution in [1.29, 1.82) is 0 Å². The van der Waals surface area contributed by atoms with E-state index in [0.29, 0.717) is 5.41 Å². The zero-order valence-electron chi connectivity index (χ0n) is 10.1. The molecule has 0 fully saturated rings. The summed E-state index contributed by atoms with van der Waals surface area (Å²) < 4.78 is 5.38. The third-order valence-electron chi connectivity index (χ3n) is 1.99. The predicted octanol–water partition coefficient (Wildman–Crippen LogP) is 3.54. The van der Waals surface area contributed by atoms with Crippen LogP contribution >= 0.6 is 0 Å². The molecule has 0 bridgehead atoms. The van der Waals surface area contributed by atoms with Gasteiger partial charge in [-0.2, -0.15) is 0 Å². The molecule has 0 saturated carbocycles. The van der Waals surface area contributed by atoms with Crippen LogP contribution in [0.5, 0.6) is 5.75 Å². The highest BCUT2D eigenvalue weighted by Gasteiger charge is 2.08. The number of nitrogens with one attached hydrogen (secondary N) is 1. The van der Waals surface area contributed by atoms with Crippen molar-refractivity contribution < 1.29 is 4.74 Å². The minimum absolute atomic E-state index is 0.304. The minimum Gasteiger partial charge on any atom is -0.494 e. The van der Waals surface area contributed by atoms with Gasteiger partial charge in [-0.05, 0) is 36.6 Å². The maximum absolute atomic E-state index is 5.38. The predicted molar refractivity (Wildman–Crippen MR) is 65.6 cm³/mol. The van der Waals surface area contributed by atoms with Crippen LogP contribution in [0.3, 0.4) is 0 Å². The Labute approximate surface area is 92.6 Å². The lowest BCUT2D eigenvalue weighted by atomic mass is 9.97. The Morgan fingerprint density at radius 3 is 2.20 bits per heavy atom. The van der Waals surface area contributed by atoms with E-state index in [1.165, 1.54) is 0 Å². The van der Waals surface area contributed by atoms with Crippen molar-refractivity contribution in [3.05, 3.63) is 24.3 Å². The van der Waals surface area contributed by atoms with Gasteiger partial charge in [-0.1, -0.05) is 20.8 Å². The van der Waals surface area contributed by atoms with Gasteiger partial charge in [0.2, 0.25) is 0 Å². The van der Waals surface area contributed by atoms with E-state index in [9.17, 15) is 0 Å². The molecular formula is C13H21NO. The summed E-state index contributed by atoms with van der Waals surface area (Å²) in [6.07, 6.45) is 0. The van der Waals surface area contributed by atoms with Crippen LogP contribution in [0.4, 0.5) is 5.69 Å². The van der Waals surface area contributed by atoms with Crippen molar-refractivity contribution in [1.82, 2.24) is 0 Å². The summed E-state index contributed by atoms with van der Waals surface area (Å²) in [5.74, 6) is 0.929. The van der Waals surface area contributed by atoms with Gasteiger partial charge in [0.1, 0.15) is 5.75 Å². The number of rotatable bonds is 4. The summed E-state index contributed by atoms with van der Waals surface area (Å²) in [4.78, 5) is 0. The molecule has 0 aliphatic rings. The summed E-state index contributed by atoms with van der Waals surface area (Å²) in [5, 5.41) is 3.40. The van der Waals surface area contributed by atoms with Crippen LogP contribution in [-0.4, -0.2) is 13.2 Å². The molecule has 2 nitrogen and oxygen atoms in total. The number of ether oxygens (including phenoxy) is 1. The zero-order chi connectivity index (χ0) is 11.3. The van der Waals surface area contributed by atoms with Crippen molar-refractivity contribution >= 4 is 5.69 Å². The molecule has 0 amide bonds. The first-order valence-corrected chi connectivity index (χ1v) is 5.48. The molecule has 0 aliphatic carbocycles. The smallest absolute Gasteiger partial charge is 0.119 e. The first-order valence-electron chi connectivity index (χ1n) is 5.48. The summed E-state index contributed by atoms with van der Waals surface area (Å²) in [5.41, 5.74) is 1.45. The highest BCUT2D eigenvalue weighted by molar-refractivity contribution is 5.46. The fourth-order valence-electron chi connectivity index (χ4n) is 1.20. The molecule has 2 heteroatoms. The van der Waals surface area contributed by atoms with Gasteiger partial charge in [0, 0.05) is 12.2 Å². The molecule has 0 aromatic heterocycles. The molecule has 0 heterocycles. The molecular weight excluding hydrogens is 186 g/mol. The lowest BCUT2D eigenvalue weighted by Crippen LogP contribution is -2.18. The Kier molecular flexibility index (Phi) is 4.01. The number of anilines is 1.